The van der Waals surface area contributed by atoms with E-state index in [9.17, 15) is 27.2 Å². The molecule has 0 radical (unpaired) electrons. The average molecular weight is 520 g/mol. The van der Waals surface area contributed by atoms with Gasteiger partial charge in [-0.15, -0.1) is 10.2 Å². The van der Waals surface area contributed by atoms with E-state index in [0.29, 0.717) is 37.3 Å². The molecule has 2 unspecified atom stereocenters. The van der Waals surface area contributed by atoms with Gasteiger partial charge in [-0.25, -0.2) is 9.18 Å². The van der Waals surface area contributed by atoms with Gasteiger partial charge >= 0.3 is 12.1 Å². The maximum Gasteiger partial charge on any atom is 0.490 e. The summed E-state index contributed by atoms with van der Waals surface area (Å²) < 4.78 is 46.9. The third-order valence-electron chi connectivity index (χ3n) is 6.01. The number of carboxylic acid groups (broad SMARTS) is 1. The number of likely N-dealkylation sites (tertiary alicyclic amines) is 1. The van der Waals surface area contributed by atoms with E-state index >= 15 is 0 Å². The molecule has 2 aliphatic rings. The van der Waals surface area contributed by atoms with Crippen LogP contribution in [0.15, 0.2) is 48.8 Å². The van der Waals surface area contributed by atoms with Crippen LogP contribution in [0.25, 0.3) is 0 Å². The summed E-state index contributed by atoms with van der Waals surface area (Å²) in [6, 6.07) is 9.14. The fourth-order valence-corrected chi connectivity index (χ4v) is 4.29. The first-order valence-electron chi connectivity index (χ1n) is 11.0. The fourth-order valence-electron chi connectivity index (χ4n) is 4.29. The zero-order chi connectivity index (χ0) is 26.7. The van der Waals surface area contributed by atoms with Crippen molar-refractivity contribution in [3.63, 3.8) is 0 Å². The monoisotopic (exact) mass is 520 g/mol. The van der Waals surface area contributed by atoms with E-state index in [2.05, 4.69) is 20.5 Å². The van der Waals surface area contributed by atoms with E-state index in [-0.39, 0.29) is 23.6 Å². The number of alkyl halides is 3. The average Bonchev–Trinajstić information content (AvgIpc) is 3.46. The normalized spacial score (nSPS) is 18.2. The maximum absolute atomic E-state index is 13.4. The molecule has 3 aromatic rings. The molecule has 0 aliphatic carbocycles. The van der Waals surface area contributed by atoms with E-state index in [1.54, 1.807) is 30.6 Å². The molecule has 194 valence electrons. The number of carbonyl (C=O) groups is 3. The molecule has 0 bridgehead atoms. The van der Waals surface area contributed by atoms with Gasteiger partial charge in [-0.3, -0.25) is 14.6 Å². The lowest BCUT2D eigenvalue weighted by molar-refractivity contribution is -0.192. The van der Waals surface area contributed by atoms with Gasteiger partial charge in [0.05, 0.1) is 0 Å². The Morgan fingerprint density at radius 3 is 2.32 bits per heavy atom. The number of amides is 2. The van der Waals surface area contributed by atoms with Crippen LogP contribution in [0, 0.1) is 17.7 Å². The highest BCUT2D eigenvalue weighted by Crippen LogP contribution is 2.33. The Morgan fingerprint density at radius 2 is 1.68 bits per heavy atom. The molecule has 1 saturated heterocycles. The Bertz CT molecular complexity index is 1310. The summed E-state index contributed by atoms with van der Waals surface area (Å²) in [4.78, 5) is 40.2. The number of carbonyl (C=O) groups excluding carboxylic acids is 2. The number of aliphatic carboxylic acids is 1. The van der Waals surface area contributed by atoms with Crippen molar-refractivity contribution < 1.29 is 37.1 Å². The van der Waals surface area contributed by atoms with Gasteiger partial charge in [-0.05, 0) is 42.2 Å². The van der Waals surface area contributed by atoms with Gasteiger partial charge in [0.15, 0.2) is 0 Å². The minimum Gasteiger partial charge on any atom is -0.475 e. The van der Waals surface area contributed by atoms with Crippen molar-refractivity contribution in [3.05, 3.63) is 71.8 Å². The van der Waals surface area contributed by atoms with Crippen molar-refractivity contribution >= 4 is 23.5 Å². The number of hydrogen-bond acceptors (Lipinski definition) is 6. The van der Waals surface area contributed by atoms with Gasteiger partial charge in [-0.1, -0.05) is 6.07 Å². The SMILES string of the molecule is O=C(Nc1cccc(F)c1)c1nnc2n1CC1CN(C(=O)c3ccncc3)CC1C2.O=C(O)C(F)(F)F. The number of rotatable bonds is 3. The fraction of sp³-hybridized carbons (Fsp3) is 0.304. The van der Waals surface area contributed by atoms with Crippen LogP contribution in [-0.4, -0.2) is 66.8 Å². The van der Waals surface area contributed by atoms with Crippen LogP contribution in [0.1, 0.15) is 26.8 Å². The smallest absolute Gasteiger partial charge is 0.475 e. The highest BCUT2D eigenvalue weighted by atomic mass is 19.4. The summed E-state index contributed by atoms with van der Waals surface area (Å²) in [5.41, 5.74) is 0.985. The van der Waals surface area contributed by atoms with E-state index in [0.717, 1.165) is 5.82 Å². The van der Waals surface area contributed by atoms with Crippen LogP contribution in [0.2, 0.25) is 0 Å². The number of benzene rings is 1. The van der Waals surface area contributed by atoms with Crippen LogP contribution >= 0.6 is 0 Å². The molecule has 1 fully saturated rings. The third-order valence-corrected chi connectivity index (χ3v) is 6.01. The molecule has 1 aromatic carbocycles. The van der Waals surface area contributed by atoms with Gasteiger partial charge in [0.1, 0.15) is 11.6 Å². The van der Waals surface area contributed by atoms with Crippen molar-refractivity contribution in [2.24, 2.45) is 11.8 Å². The summed E-state index contributed by atoms with van der Waals surface area (Å²) in [6.45, 7) is 1.84. The van der Waals surface area contributed by atoms with Crippen molar-refractivity contribution in [1.82, 2.24) is 24.6 Å². The number of nitrogens with one attached hydrogen (secondary N) is 1. The zero-order valence-corrected chi connectivity index (χ0v) is 19.0. The molecule has 0 saturated carbocycles. The van der Waals surface area contributed by atoms with Crippen LogP contribution in [-0.2, 0) is 17.8 Å². The van der Waals surface area contributed by atoms with Crippen LogP contribution in [0.4, 0.5) is 23.2 Å². The Hall–Kier alpha value is -4.36. The van der Waals surface area contributed by atoms with Crippen molar-refractivity contribution in [3.8, 4) is 0 Å². The number of halogens is 4. The second-order valence-electron chi connectivity index (χ2n) is 8.49. The summed E-state index contributed by atoms with van der Waals surface area (Å²) in [6.07, 6.45) is -1.20. The first-order chi connectivity index (χ1) is 17.5. The molecule has 2 aromatic heterocycles. The first kappa shape index (κ1) is 25.7. The van der Waals surface area contributed by atoms with E-state index in [4.69, 9.17) is 9.90 Å². The minimum absolute atomic E-state index is 0.00774. The van der Waals surface area contributed by atoms with Crippen LogP contribution in [0.5, 0.6) is 0 Å². The van der Waals surface area contributed by atoms with Crippen molar-refractivity contribution in [1.29, 1.82) is 0 Å². The second-order valence-corrected chi connectivity index (χ2v) is 8.49. The summed E-state index contributed by atoms with van der Waals surface area (Å²) >= 11 is 0. The number of pyridine rings is 1. The molecule has 2 atom stereocenters. The third kappa shape index (κ3) is 5.90. The van der Waals surface area contributed by atoms with Gasteiger partial charge in [0, 0.05) is 49.7 Å². The zero-order valence-electron chi connectivity index (χ0n) is 19.0. The molecule has 5 rings (SSSR count). The molecule has 4 heterocycles. The Balaban J connectivity index is 0.000000405. The highest BCUT2D eigenvalue weighted by Gasteiger charge is 2.41. The molecule has 2 amide bonds. The lowest BCUT2D eigenvalue weighted by Crippen LogP contribution is -2.31. The molecule has 10 nitrogen and oxygen atoms in total. The highest BCUT2D eigenvalue weighted by molar-refractivity contribution is 6.01. The van der Waals surface area contributed by atoms with E-state index in [1.165, 1.54) is 18.2 Å². The van der Waals surface area contributed by atoms with E-state index in [1.807, 2.05) is 9.47 Å². The molecular formula is C23H20F4N6O4. The number of fused-ring (bicyclic) bond motifs is 2. The predicted octanol–water partition coefficient (Wildman–Crippen LogP) is 2.64. The second kappa shape index (κ2) is 10.3. The van der Waals surface area contributed by atoms with Crippen molar-refractivity contribution in [2.75, 3.05) is 18.4 Å². The maximum atomic E-state index is 13.4. The van der Waals surface area contributed by atoms with Crippen LogP contribution < -0.4 is 5.32 Å². The Labute approximate surface area is 206 Å². The quantitative estimate of drug-likeness (QED) is 0.508. The van der Waals surface area contributed by atoms with E-state index < -0.39 is 23.9 Å². The van der Waals surface area contributed by atoms with Crippen molar-refractivity contribution in [2.45, 2.75) is 19.1 Å². The molecule has 2 aliphatic heterocycles. The minimum atomic E-state index is -5.08. The van der Waals surface area contributed by atoms with Crippen LogP contribution in [0.3, 0.4) is 0 Å². The molecular weight excluding hydrogens is 500 g/mol. The number of anilines is 1. The molecule has 37 heavy (non-hydrogen) atoms. The predicted molar refractivity (Wildman–Crippen MR) is 119 cm³/mol. The lowest BCUT2D eigenvalue weighted by atomic mass is 9.89. The van der Waals surface area contributed by atoms with Gasteiger partial charge < -0.3 is 19.9 Å². The Kier molecular flexibility index (Phi) is 7.18. The summed E-state index contributed by atoms with van der Waals surface area (Å²) in [7, 11) is 0. The molecule has 14 heteroatoms. The number of hydrogen-bond donors (Lipinski definition) is 2. The summed E-state index contributed by atoms with van der Waals surface area (Å²) in [5.74, 6) is -2.18. The van der Waals surface area contributed by atoms with Gasteiger partial charge in [-0.2, -0.15) is 13.2 Å². The molecule has 0 spiro atoms. The molecule has 2 N–H and O–H groups in total. The summed E-state index contributed by atoms with van der Waals surface area (Å²) in [5, 5.41) is 18.1. The lowest BCUT2D eigenvalue weighted by Gasteiger charge is -2.25. The van der Waals surface area contributed by atoms with Gasteiger partial charge in [0.2, 0.25) is 5.82 Å². The number of nitrogens with zero attached hydrogens (tertiary/aromatic N) is 5. The largest absolute Gasteiger partial charge is 0.490 e. The topological polar surface area (TPSA) is 130 Å². The number of carboxylic acids is 1. The standard InChI is InChI=1S/C21H19FN6O2.C2HF3O2/c22-16-2-1-3-17(9-16)24-20(29)19-26-25-18-8-14-10-27(11-15(14)12-28(18)19)21(30)13-4-6-23-7-5-13;3-2(4,5)1(6)7/h1-7,9,14-15H,8,10-12H2,(H,24,29);(H,6,7). The Morgan fingerprint density at radius 1 is 1.00 bits per heavy atom. The number of aromatic nitrogens is 4. The first-order valence-corrected chi connectivity index (χ1v) is 11.0. The van der Waals surface area contributed by atoms with Gasteiger partial charge in [0.25, 0.3) is 11.8 Å².